The van der Waals surface area contributed by atoms with Gasteiger partial charge in [0.25, 0.3) is 0 Å². The molecule has 0 N–H and O–H groups in total. The second-order valence-corrected chi connectivity index (χ2v) is 18.0. The summed E-state index contributed by atoms with van der Waals surface area (Å²) in [5.41, 5.74) is 21.2. The standard InChI is InChI=1S/C67H46N2/c1-5-20-47(21-6-1)57-30-13-14-31-58(57)48-36-39-54(40-37-48)68(53-27-11-4-12-28-53)55-29-19-22-49(44-55)50-38-42-61-60-33-16-18-35-65(60)69(66(61)45-50)56-41-43-64-62(46-56)59-32-15-17-34-63(59)67(64,51-23-7-2-8-24-51)52-25-9-3-10-26-52/h1-46H. The summed E-state index contributed by atoms with van der Waals surface area (Å²) in [5, 5.41) is 2.47. The van der Waals surface area contributed by atoms with Crippen LogP contribution >= 0.6 is 0 Å². The van der Waals surface area contributed by atoms with Crippen LogP contribution < -0.4 is 4.90 Å². The predicted molar refractivity (Wildman–Crippen MR) is 289 cm³/mol. The number of rotatable bonds is 9. The molecule has 1 aliphatic carbocycles. The average molecular weight is 879 g/mol. The van der Waals surface area contributed by atoms with Crippen molar-refractivity contribution in [3.8, 4) is 50.2 Å². The minimum absolute atomic E-state index is 0.449. The first kappa shape index (κ1) is 40.3. The molecule has 0 saturated heterocycles. The number of nitrogens with zero attached hydrogens (tertiary/aromatic N) is 2. The van der Waals surface area contributed by atoms with E-state index in [9.17, 15) is 0 Å². The molecule has 0 fully saturated rings. The number of aromatic nitrogens is 1. The molecule has 0 bridgehead atoms. The third-order valence-corrected chi connectivity index (χ3v) is 14.3. The summed E-state index contributed by atoms with van der Waals surface area (Å²) in [6, 6.07) is 102. The Morgan fingerprint density at radius 2 is 0.768 bits per heavy atom. The van der Waals surface area contributed by atoms with Crippen molar-refractivity contribution in [3.63, 3.8) is 0 Å². The van der Waals surface area contributed by atoms with Gasteiger partial charge in [-0.05, 0) is 127 Å². The van der Waals surface area contributed by atoms with Crippen molar-refractivity contribution in [1.29, 1.82) is 0 Å². The Hall–Kier alpha value is -8.98. The van der Waals surface area contributed by atoms with E-state index < -0.39 is 5.41 Å². The van der Waals surface area contributed by atoms with Gasteiger partial charge in [-0.1, -0.05) is 218 Å². The zero-order valence-electron chi connectivity index (χ0n) is 38.0. The first-order chi connectivity index (χ1) is 34.2. The lowest BCUT2D eigenvalue weighted by Gasteiger charge is -2.33. The quantitative estimate of drug-likeness (QED) is 0.140. The monoisotopic (exact) mass is 878 g/mol. The molecule has 0 spiro atoms. The van der Waals surface area contributed by atoms with Crippen LogP contribution in [0.4, 0.5) is 17.1 Å². The Labute approximate surface area is 403 Å². The fourth-order valence-electron chi connectivity index (χ4n) is 11.2. The largest absolute Gasteiger partial charge is 0.310 e. The van der Waals surface area contributed by atoms with Crippen LogP contribution in [0.25, 0.3) is 72.0 Å². The highest BCUT2D eigenvalue weighted by molar-refractivity contribution is 6.10. The van der Waals surface area contributed by atoms with Crippen molar-refractivity contribution >= 4 is 38.9 Å². The molecule has 13 rings (SSSR count). The van der Waals surface area contributed by atoms with E-state index in [1.807, 2.05) is 0 Å². The summed E-state index contributed by atoms with van der Waals surface area (Å²) in [6.07, 6.45) is 0. The van der Waals surface area contributed by atoms with E-state index in [0.29, 0.717) is 0 Å². The molecular formula is C67H46N2. The SMILES string of the molecule is c1ccc(-c2ccccc2-c2ccc(N(c3ccccc3)c3cccc(-c4ccc5c6ccccc6n(-c6ccc7c(c6)-c6ccccc6C7(c6ccccc6)c6ccccc6)c5c4)c3)cc2)cc1. The lowest BCUT2D eigenvalue weighted by Crippen LogP contribution is -2.28. The van der Waals surface area contributed by atoms with Crippen molar-refractivity contribution in [2.24, 2.45) is 0 Å². The van der Waals surface area contributed by atoms with Gasteiger partial charge < -0.3 is 9.47 Å². The molecule has 1 aromatic heterocycles. The van der Waals surface area contributed by atoms with Gasteiger partial charge in [0, 0.05) is 33.5 Å². The van der Waals surface area contributed by atoms with E-state index in [1.165, 1.54) is 77.4 Å². The number of fused-ring (bicyclic) bond motifs is 6. The van der Waals surface area contributed by atoms with Crippen LogP contribution in [0.5, 0.6) is 0 Å². The van der Waals surface area contributed by atoms with Gasteiger partial charge in [-0.25, -0.2) is 0 Å². The van der Waals surface area contributed by atoms with Crippen molar-refractivity contribution in [2.45, 2.75) is 5.41 Å². The molecule has 0 saturated carbocycles. The predicted octanol–water partition coefficient (Wildman–Crippen LogP) is 17.6. The Balaban J connectivity index is 0.929. The van der Waals surface area contributed by atoms with Crippen LogP contribution in [0.3, 0.4) is 0 Å². The molecule has 11 aromatic carbocycles. The van der Waals surface area contributed by atoms with Crippen molar-refractivity contribution in [1.82, 2.24) is 4.57 Å². The molecule has 69 heavy (non-hydrogen) atoms. The fourth-order valence-corrected chi connectivity index (χ4v) is 11.2. The van der Waals surface area contributed by atoms with E-state index in [4.69, 9.17) is 0 Å². The molecule has 2 nitrogen and oxygen atoms in total. The van der Waals surface area contributed by atoms with Crippen molar-refractivity contribution in [3.05, 3.63) is 301 Å². The molecule has 0 amide bonds. The highest BCUT2D eigenvalue weighted by atomic mass is 15.1. The highest BCUT2D eigenvalue weighted by Crippen LogP contribution is 2.56. The third kappa shape index (κ3) is 6.64. The van der Waals surface area contributed by atoms with E-state index in [2.05, 4.69) is 289 Å². The van der Waals surface area contributed by atoms with Gasteiger partial charge in [0.05, 0.1) is 16.4 Å². The molecule has 1 heterocycles. The lowest BCUT2D eigenvalue weighted by atomic mass is 9.68. The summed E-state index contributed by atoms with van der Waals surface area (Å²) >= 11 is 0. The lowest BCUT2D eigenvalue weighted by molar-refractivity contribution is 0.768. The van der Waals surface area contributed by atoms with Crippen LogP contribution in [0.1, 0.15) is 22.3 Å². The molecule has 0 aliphatic heterocycles. The minimum Gasteiger partial charge on any atom is -0.310 e. The zero-order valence-corrected chi connectivity index (χ0v) is 38.0. The van der Waals surface area contributed by atoms with E-state index >= 15 is 0 Å². The van der Waals surface area contributed by atoms with E-state index in [-0.39, 0.29) is 0 Å². The van der Waals surface area contributed by atoms with Crippen molar-refractivity contribution in [2.75, 3.05) is 4.90 Å². The third-order valence-electron chi connectivity index (χ3n) is 14.3. The first-order valence-electron chi connectivity index (χ1n) is 23.8. The molecule has 0 atom stereocenters. The molecule has 12 aromatic rings. The zero-order chi connectivity index (χ0) is 45.7. The van der Waals surface area contributed by atoms with Gasteiger partial charge >= 0.3 is 0 Å². The number of hydrogen-bond donors (Lipinski definition) is 0. The number of anilines is 3. The maximum atomic E-state index is 2.47. The summed E-state index contributed by atoms with van der Waals surface area (Å²) in [4.78, 5) is 2.36. The van der Waals surface area contributed by atoms with Gasteiger partial charge in [-0.2, -0.15) is 0 Å². The second kappa shape index (κ2) is 16.7. The fraction of sp³-hybridized carbons (Fsp3) is 0.0149. The van der Waals surface area contributed by atoms with E-state index in [1.54, 1.807) is 0 Å². The van der Waals surface area contributed by atoms with Gasteiger partial charge in [-0.3, -0.25) is 0 Å². The van der Waals surface area contributed by atoms with Gasteiger partial charge in [0.1, 0.15) is 0 Å². The van der Waals surface area contributed by atoms with Crippen LogP contribution in [0.15, 0.2) is 279 Å². The first-order valence-corrected chi connectivity index (χ1v) is 23.8. The normalized spacial score (nSPS) is 12.5. The summed E-state index contributed by atoms with van der Waals surface area (Å²) in [7, 11) is 0. The Morgan fingerprint density at radius 3 is 1.48 bits per heavy atom. The molecule has 0 radical (unpaired) electrons. The molecule has 1 aliphatic rings. The molecule has 324 valence electrons. The second-order valence-electron chi connectivity index (χ2n) is 18.0. The van der Waals surface area contributed by atoms with Crippen LogP contribution in [-0.4, -0.2) is 4.57 Å². The van der Waals surface area contributed by atoms with Crippen molar-refractivity contribution < 1.29 is 0 Å². The average Bonchev–Trinajstić information content (AvgIpc) is 3.92. The number of para-hydroxylation sites is 2. The topological polar surface area (TPSA) is 8.17 Å². The highest BCUT2D eigenvalue weighted by Gasteiger charge is 2.46. The Morgan fingerprint density at radius 1 is 0.275 bits per heavy atom. The number of benzene rings is 11. The van der Waals surface area contributed by atoms with Gasteiger partial charge in [0.15, 0.2) is 0 Å². The maximum absolute atomic E-state index is 2.47. The van der Waals surface area contributed by atoms with Crippen LogP contribution in [-0.2, 0) is 5.41 Å². The summed E-state index contributed by atoms with van der Waals surface area (Å²) in [5.74, 6) is 0. The molecule has 0 unspecified atom stereocenters. The molecule has 2 heteroatoms. The van der Waals surface area contributed by atoms with Crippen LogP contribution in [0.2, 0.25) is 0 Å². The number of hydrogen-bond acceptors (Lipinski definition) is 1. The van der Waals surface area contributed by atoms with Gasteiger partial charge in [-0.15, -0.1) is 0 Å². The smallest absolute Gasteiger partial charge is 0.0713 e. The van der Waals surface area contributed by atoms with E-state index in [0.717, 1.165) is 33.9 Å². The maximum Gasteiger partial charge on any atom is 0.0713 e. The Bertz CT molecular complexity index is 3780. The summed E-state index contributed by atoms with van der Waals surface area (Å²) in [6.45, 7) is 0. The Kier molecular flexibility index (Phi) is 9.77. The molecular weight excluding hydrogens is 833 g/mol. The van der Waals surface area contributed by atoms with Crippen LogP contribution in [0, 0.1) is 0 Å². The minimum atomic E-state index is -0.449. The summed E-state index contributed by atoms with van der Waals surface area (Å²) < 4.78 is 2.47. The van der Waals surface area contributed by atoms with Gasteiger partial charge in [0.2, 0.25) is 0 Å².